The van der Waals surface area contributed by atoms with Crippen LogP contribution in [0.15, 0.2) is 34.1 Å². The standard InChI is InChI=1S/C14H11BrN2S2/c1-8-13(19-9(2)16-8)12-7-18-14(17-12)10-5-3-4-6-11(10)15/h3-7H,1-2H3. The lowest BCUT2D eigenvalue weighted by molar-refractivity contribution is 1.20. The summed E-state index contributed by atoms with van der Waals surface area (Å²) >= 11 is 6.94. The third-order valence-corrected chi connectivity index (χ3v) is 5.41. The monoisotopic (exact) mass is 350 g/mol. The SMILES string of the molecule is Cc1nc(C)c(-c2csc(-c3ccccc3Br)n2)s1. The van der Waals surface area contributed by atoms with Gasteiger partial charge in [0.25, 0.3) is 0 Å². The first-order valence-corrected chi connectivity index (χ1v) is 8.29. The van der Waals surface area contributed by atoms with Crippen LogP contribution in [-0.4, -0.2) is 9.97 Å². The topological polar surface area (TPSA) is 25.8 Å². The number of aryl methyl sites for hydroxylation is 2. The molecular weight excluding hydrogens is 340 g/mol. The van der Waals surface area contributed by atoms with Crippen molar-refractivity contribution in [3.63, 3.8) is 0 Å². The summed E-state index contributed by atoms with van der Waals surface area (Å²) in [6.07, 6.45) is 0. The molecule has 0 saturated carbocycles. The Kier molecular flexibility index (Phi) is 3.52. The third-order valence-electron chi connectivity index (χ3n) is 2.74. The van der Waals surface area contributed by atoms with Gasteiger partial charge in [-0.1, -0.05) is 34.1 Å². The van der Waals surface area contributed by atoms with E-state index in [9.17, 15) is 0 Å². The first-order valence-electron chi connectivity index (χ1n) is 5.80. The second-order valence-corrected chi connectivity index (χ2v) is 7.08. The van der Waals surface area contributed by atoms with Gasteiger partial charge in [0.1, 0.15) is 5.01 Å². The predicted octanol–water partition coefficient (Wildman–Crippen LogP) is 5.31. The molecule has 3 rings (SSSR count). The van der Waals surface area contributed by atoms with E-state index in [1.807, 2.05) is 32.0 Å². The first kappa shape index (κ1) is 13.0. The number of hydrogen-bond donors (Lipinski definition) is 0. The lowest BCUT2D eigenvalue weighted by Gasteiger charge is -1.98. The normalized spacial score (nSPS) is 10.9. The molecule has 2 heterocycles. The van der Waals surface area contributed by atoms with Gasteiger partial charge in [-0.3, -0.25) is 0 Å². The van der Waals surface area contributed by atoms with Crippen LogP contribution in [0, 0.1) is 13.8 Å². The van der Waals surface area contributed by atoms with E-state index >= 15 is 0 Å². The number of aromatic nitrogens is 2. The van der Waals surface area contributed by atoms with Gasteiger partial charge in [-0.2, -0.15) is 0 Å². The molecule has 0 aliphatic carbocycles. The molecule has 0 radical (unpaired) electrons. The van der Waals surface area contributed by atoms with Crippen LogP contribution in [-0.2, 0) is 0 Å². The van der Waals surface area contributed by atoms with Crippen LogP contribution in [0.2, 0.25) is 0 Å². The van der Waals surface area contributed by atoms with E-state index in [2.05, 4.69) is 32.4 Å². The molecule has 5 heteroatoms. The van der Waals surface area contributed by atoms with Crippen LogP contribution >= 0.6 is 38.6 Å². The lowest BCUT2D eigenvalue weighted by atomic mass is 10.2. The van der Waals surface area contributed by atoms with Gasteiger partial charge < -0.3 is 0 Å². The van der Waals surface area contributed by atoms with Crippen LogP contribution in [0.1, 0.15) is 10.7 Å². The Labute approximate surface area is 128 Å². The minimum Gasteiger partial charge on any atom is -0.246 e. The second-order valence-electron chi connectivity index (χ2n) is 4.17. The second kappa shape index (κ2) is 5.15. The summed E-state index contributed by atoms with van der Waals surface area (Å²) in [5.41, 5.74) is 3.22. The maximum absolute atomic E-state index is 4.74. The predicted molar refractivity (Wildman–Crippen MR) is 85.8 cm³/mol. The fraction of sp³-hybridized carbons (Fsp3) is 0.143. The molecule has 0 aliphatic heterocycles. The van der Waals surface area contributed by atoms with Gasteiger partial charge in [-0.05, 0) is 19.9 Å². The maximum Gasteiger partial charge on any atom is 0.125 e. The number of thiazole rings is 2. The van der Waals surface area contributed by atoms with Crippen LogP contribution in [0.5, 0.6) is 0 Å². The summed E-state index contributed by atoms with van der Waals surface area (Å²) in [5.74, 6) is 0. The molecule has 3 aromatic rings. The molecule has 0 saturated heterocycles. The van der Waals surface area contributed by atoms with Crippen LogP contribution in [0.25, 0.3) is 21.1 Å². The Hall–Kier alpha value is -1.04. The van der Waals surface area contributed by atoms with E-state index in [0.717, 1.165) is 31.4 Å². The maximum atomic E-state index is 4.74. The molecule has 0 atom stereocenters. The molecule has 0 unspecified atom stereocenters. The van der Waals surface area contributed by atoms with Crippen molar-refractivity contribution in [1.29, 1.82) is 0 Å². The van der Waals surface area contributed by atoms with E-state index in [0.29, 0.717) is 0 Å². The fourth-order valence-corrected chi connectivity index (χ4v) is 4.31. The number of rotatable bonds is 2. The Balaban J connectivity index is 2.05. The summed E-state index contributed by atoms with van der Waals surface area (Å²) in [6.45, 7) is 4.07. The zero-order valence-corrected chi connectivity index (χ0v) is 13.7. The number of nitrogens with zero attached hydrogens (tertiary/aromatic N) is 2. The highest BCUT2D eigenvalue weighted by molar-refractivity contribution is 9.10. The van der Waals surface area contributed by atoms with Crippen LogP contribution < -0.4 is 0 Å². The Bertz CT molecular complexity index is 731. The van der Waals surface area contributed by atoms with Crippen molar-refractivity contribution in [1.82, 2.24) is 9.97 Å². The smallest absolute Gasteiger partial charge is 0.125 e. The zero-order valence-electron chi connectivity index (χ0n) is 10.5. The van der Waals surface area contributed by atoms with Crippen molar-refractivity contribution in [3.8, 4) is 21.1 Å². The zero-order chi connectivity index (χ0) is 13.4. The van der Waals surface area contributed by atoms with Crippen LogP contribution in [0.3, 0.4) is 0 Å². The highest BCUT2D eigenvalue weighted by atomic mass is 79.9. The summed E-state index contributed by atoms with van der Waals surface area (Å²) in [6, 6.07) is 8.16. The highest BCUT2D eigenvalue weighted by Gasteiger charge is 2.13. The van der Waals surface area contributed by atoms with Gasteiger partial charge in [0.05, 0.1) is 21.3 Å². The van der Waals surface area contributed by atoms with Gasteiger partial charge >= 0.3 is 0 Å². The molecule has 0 bridgehead atoms. The van der Waals surface area contributed by atoms with Gasteiger partial charge in [-0.25, -0.2) is 9.97 Å². The average molecular weight is 351 g/mol. The third kappa shape index (κ3) is 2.50. The van der Waals surface area contributed by atoms with Crippen LogP contribution in [0.4, 0.5) is 0 Å². The van der Waals surface area contributed by atoms with Crippen molar-refractivity contribution < 1.29 is 0 Å². The molecule has 0 spiro atoms. The fourth-order valence-electron chi connectivity index (χ4n) is 1.91. The molecule has 19 heavy (non-hydrogen) atoms. The Morgan fingerprint density at radius 1 is 1.11 bits per heavy atom. The van der Waals surface area contributed by atoms with Gasteiger partial charge in [-0.15, -0.1) is 22.7 Å². The average Bonchev–Trinajstić information content (AvgIpc) is 2.96. The number of benzene rings is 1. The Morgan fingerprint density at radius 2 is 1.89 bits per heavy atom. The summed E-state index contributed by atoms with van der Waals surface area (Å²) in [4.78, 5) is 10.4. The van der Waals surface area contributed by atoms with Crippen molar-refractivity contribution in [2.45, 2.75) is 13.8 Å². The Morgan fingerprint density at radius 3 is 2.58 bits per heavy atom. The van der Waals surface area contributed by atoms with Crippen molar-refractivity contribution >= 4 is 38.6 Å². The summed E-state index contributed by atoms with van der Waals surface area (Å²) in [7, 11) is 0. The molecule has 0 N–H and O–H groups in total. The van der Waals surface area contributed by atoms with E-state index in [1.165, 1.54) is 4.88 Å². The largest absolute Gasteiger partial charge is 0.246 e. The lowest BCUT2D eigenvalue weighted by Crippen LogP contribution is -1.80. The molecule has 2 aromatic heterocycles. The quantitative estimate of drug-likeness (QED) is 0.625. The molecule has 0 fully saturated rings. The van der Waals surface area contributed by atoms with Crippen molar-refractivity contribution in [2.24, 2.45) is 0 Å². The van der Waals surface area contributed by atoms with E-state index < -0.39 is 0 Å². The number of hydrogen-bond acceptors (Lipinski definition) is 4. The van der Waals surface area contributed by atoms with Crippen molar-refractivity contribution in [3.05, 3.63) is 44.8 Å². The van der Waals surface area contributed by atoms with Gasteiger partial charge in [0.2, 0.25) is 0 Å². The highest BCUT2D eigenvalue weighted by Crippen LogP contribution is 2.36. The molecular formula is C14H11BrN2S2. The molecule has 0 amide bonds. The first-order chi connectivity index (χ1) is 9.15. The minimum absolute atomic E-state index is 1.03. The molecule has 2 nitrogen and oxygen atoms in total. The van der Waals surface area contributed by atoms with Gasteiger partial charge in [0, 0.05) is 15.4 Å². The van der Waals surface area contributed by atoms with E-state index in [1.54, 1.807) is 22.7 Å². The minimum atomic E-state index is 1.03. The number of halogens is 1. The summed E-state index contributed by atoms with van der Waals surface area (Å²) in [5, 5.41) is 4.23. The van der Waals surface area contributed by atoms with E-state index in [4.69, 9.17) is 4.98 Å². The van der Waals surface area contributed by atoms with Gasteiger partial charge in [0.15, 0.2) is 0 Å². The van der Waals surface area contributed by atoms with Crippen molar-refractivity contribution in [2.75, 3.05) is 0 Å². The van der Waals surface area contributed by atoms with E-state index in [-0.39, 0.29) is 0 Å². The molecule has 96 valence electrons. The molecule has 0 aliphatic rings. The summed E-state index contributed by atoms with van der Waals surface area (Å²) < 4.78 is 1.08. The molecule has 1 aromatic carbocycles.